The maximum absolute atomic E-state index is 11.8. The molecule has 12 heteroatoms. The van der Waals surface area contributed by atoms with Gasteiger partial charge in [0.2, 0.25) is 5.88 Å². The van der Waals surface area contributed by atoms with Gasteiger partial charge in [-0.2, -0.15) is 10.1 Å². The first kappa shape index (κ1) is 28.6. The standard InChI is InChI=1S/C30H40N8O3S/c1-16(21-13-17(40-4)15-37(21)2)41-23-14-20(19-9-12-38(3)36-19)34-29(35-23)26(39)18-7-5-10-30(27(18)32)11-6-8-22-24(30)25(31)28(33)42-22/h9,12,14,16-17,21,32,39H,5-8,10-11,13,15,31,33H2,1-4H3/b26-18-,32-27?/t16-,17+,21-,30-/m0/s1. The smallest absolute Gasteiger partial charge is 0.217 e. The molecule has 0 radical (unpaired) electrons. The molecule has 2 aliphatic carbocycles. The molecule has 6 N–H and O–H groups in total. The van der Waals surface area contributed by atoms with E-state index in [4.69, 9.17) is 25.9 Å². The summed E-state index contributed by atoms with van der Waals surface area (Å²) in [6.45, 7) is 2.86. The van der Waals surface area contributed by atoms with Gasteiger partial charge in [0.25, 0.3) is 0 Å². The summed E-state index contributed by atoms with van der Waals surface area (Å²) < 4.78 is 13.7. The zero-order valence-corrected chi connectivity index (χ0v) is 25.5. The SMILES string of the molecule is CO[C@@H]1C[C@@H]([C@H](C)Oc2cc(-c3ccn(C)n3)nc(/C(O)=C3\CCC[C@@]4(CCCc5sc(N)c(N)c54)C3=N)n2)N(C)C1. The van der Waals surface area contributed by atoms with Gasteiger partial charge in [-0.05, 0) is 65.0 Å². The molecule has 0 amide bonds. The summed E-state index contributed by atoms with van der Waals surface area (Å²) in [6.07, 6.45) is 7.49. The molecule has 1 saturated carbocycles. The Bertz CT molecular complexity index is 1550. The molecular formula is C30H40N8O3S. The lowest BCUT2D eigenvalue weighted by Crippen LogP contribution is -2.42. The number of aromatic nitrogens is 4. The van der Waals surface area contributed by atoms with Gasteiger partial charge in [0.1, 0.15) is 16.8 Å². The number of methoxy groups -OCH3 is 1. The number of nitrogens with zero attached hydrogens (tertiary/aromatic N) is 5. The third-order valence-corrected chi connectivity index (χ3v) is 10.4. The summed E-state index contributed by atoms with van der Waals surface area (Å²) in [5.74, 6) is 0.377. The van der Waals surface area contributed by atoms with Crippen LogP contribution in [0.4, 0.5) is 10.7 Å². The van der Waals surface area contributed by atoms with Crippen LogP contribution in [0, 0.1) is 5.41 Å². The molecular weight excluding hydrogens is 552 g/mol. The van der Waals surface area contributed by atoms with Crippen molar-refractivity contribution in [1.82, 2.24) is 24.6 Å². The number of likely N-dealkylation sites (N-methyl/N-ethyl adjacent to an activating group) is 1. The van der Waals surface area contributed by atoms with Crippen LogP contribution in [-0.2, 0) is 23.6 Å². The summed E-state index contributed by atoms with van der Waals surface area (Å²) in [7, 11) is 5.65. The van der Waals surface area contributed by atoms with Crippen molar-refractivity contribution >= 4 is 33.5 Å². The van der Waals surface area contributed by atoms with Crippen LogP contribution in [0.3, 0.4) is 0 Å². The molecule has 3 aromatic heterocycles. The van der Waals surface area contributed by atoms with Crippen LogP contribution in [0.25, 0.3) is 17.1 Å². The maximum atomic E-state index is 11.8. The van der Waals surface area contributed by atoms with E-state index in [0.717, 1.165) is 55.5 Å². The number of thiophene rings is 1. The molecule has 2 fully saturated rings. The average Bonchev–Trinajstić information content (AvgIpc) is 3.66. The normalized spacial score (nSPS) is 26.4. The summed E-state index contributed by atoms with van der Waals surface area (Å²) in [4.78, 5) is 12.8. The number of hydrogen-bond acceptors (Lipinski definition) is 11. The number of allylic oxidation sites excluding steroid dienone is 1. The predicted molar refractivity (Wildman–Crippen MR) is 165 cm³/mol. The van der Waals surface area contributed by atoms with E-state index >= 15 is 0 Å². The van der Waals surface area contributed by atoms with Crippen LogP contribution >= 0.6 is 11.3 Å². The Hall–Kier alpha value is -3.48. The van der Waals surface area contributed by atoms with E-state index < -0.39 is 5.41 Å². The summed E-state index contributed by atoms with van der Waals surface area (Å²) >= 11 is 1.53. The van der Waals surface area contributed by atoms with Gasteiger partial charge in [0, 0.05) is 66.1 Å². The van der Waals surface area contributed by atoms with Gasteiger partial charge in [0.15, 0.2) is 11.6 Å². The van der Waals surface area contributed by atoms with Gasteiger partial charge in [-0.15, -0.1) is 11.3 Å². The number of aliphatic hydroxyl groups excluding tert-OH is 1. The largest absolute Gasteiger partial charge is 0.504 e. The lowest BCUT2D eigenvalue weighted by Gasteiger charge is -2.42. The second kappa shape index (κ2) is 11.0. The molecule has 0 bridgehead atoms. The highest BCUT2D eigenvalue weighted by Gasteiger charge is 2.47. The van der Waals surface area contributed by atoms with Crippen LogP contribution < -0.4 is 16.2 Å². The Kier molecular flexibility index (Phi) is 7.48. The van der Waals surface area contributed by atoms with Crippen LogP contribution in [0.2, 0.25) is 0 Å². The quantitative estimate of drug-likeness (QED) is 0.305. The van der Waals surface area contributed by atoms with Crippen molar-refractivity contribution in [3.63, 3.8) is 0 Å². The molecule has 0 unspecified atom stereocenters. The number of likely N-dealkylation sites (tertiary alicyclic amines) is 1. The van der Waals surface area contributed by atoms with Crippen LogP contribution in [0.15, 0.2) is 23.9 Å². The summed E-state index contributed by atoms with van der Waals surface area (Å²) in [5.41, 5.74) is 15.9. The van der Waals surface area contributed by atoms with Crippen molar-refractivity contribution in [2.75, 3.05) is 32.2 Å². The van der Waals surface area contributed by atoms with Crippen LogP contribution in [0.5, 0.6) is 5.88 Å². The molecule has 224 valence electrons. The van der Waals surface area contributed by atoms with Crippen molar-refractivity contribution in [2.24, 2.45) is 7.05 Å². The minimum Gasteiger partial charge on any atom is -0.504 e. The molecule has 1 spiro atoms. The predicted octanol–water partition coefficient (Wildman–Crippen LogP) is 4.34. The molecule has 0 aromatic carbocycles. The van der Waals surface area contributed by atoms with Crippen molar-refractivity contribution in [3.8, 4) is 17.3 Å². The lowest BCUT2D eigenvalue weighted by atomic mass is 9.61. The van der Waals surface area contributed by atoms with Gasteiger partial charge < -0.3 is 31.5 Å². The third-order valence-electron chi connectivity index (χ3n) is 9.26. The number of anilines is 2. The Morgan fingerprint density at radius 3 is 2.64 bits per heavy atom. The van der Waals surface area contributed by atoms with Crippen molar-refractivity contribution < 1.29 is 14.6 Å². The molecule has 3 aromatic rings. The number of rotatable bonds is 6. The fraction of sp³-hybridized carbons (Fsp3) is 0.533. The highest BCUT2D eigenvalue weighted by atomic mass is 32.1. The number of ether oxygens (including phenoxy) is 2. The van der Waals surface area contributed by atoms with Gasteiger partial charge >= 0.3 is 0 Å². The molecule has 1 saturated heterocycles. The molecule has 3 aliphatic rings. The van der Waals surface area contributed by atoms with E-state index in [0.29, 0.717) is 45.7 Å². The van der Waals surface area contributed by atoms with E-state index in [1.54, 1.807) is 17.9 Å². The number of aryl methyl sites for hydroxylation is 2. The van der Waals surface area contributed by atoms with Gasteiger partial charge in [-0.3, -0.25) is 9.58 Å². The molecule has 42 heavy (non-hydrogen) atoms. The van der Waals surface area contributed by atoms with E-state index in [1.165, 1.54) is 11.3 Å². The molecule has 4 atom stereocenters. The highest BCUT2D eigenvalue weighted by Crippen LogP contribution is 2.53. The topological polar surface area (TPSA) is 161 Å². The number of fused-ring (bicyclic) bond motifs is 2. The Morgan fingerprint density at radius 2 is 1.95 bits per heavy atom. The summed E-state index contributed by atoms with van der Waals surface area (Å²) in [6, 6.07) is 3.77. The van der Waals surface area contributed by atoms with E-state index in [1.807, 2.05) is 26.2 Å². The van der Waals surface area contributed by atoms with Gasteiger partial charge in [-0.25, -0.2) is 4.98 Å². The maximum Gasteiger partial charge on any atom is 0.217 e. The number of nitrogens with two attached hydrogens (primary N) is 2. The number of nitrogens with one attached hydrogen (secondary N) is 1. The third kappa shape index (κ3) is 4.84. The van der Waals surface area contributed by atoms with Gasteiger partial charge in [0.05, 0.1) is 17.5 Å². The fourth-order valence-electron chi connectivity index (χ4n) is 7.11. The van der Waals surface area contributed by atoms with E-state index in [2.05, 4.69) is 22.0 Å². The molecule has 6 rings (SSSR count). The van der Waals surface area contributed by atoms with E-state index in [9.17, 15) is 10.5 Å². The number of aliphatic hydroxyl groups is 1. The zero-order valence-electron chi connectivity index (χ0n) is 24.7. The first-order valence-electron chi connectivity index (χ1n) is 14.6. The fourth-order valence-corrected chi connectivity index (χ4v) is 8.24. The first-order valence-corrected chi connectivity index (χ1v) is 15.4. The lowest BCUT2D eigenvalue weighted by molar-refractivity contribution is 0.108. The first-order chi connectivity index (χ1) is 20.1. The number of hydrogen-bond donors (Lipinski definition) is 4. The van der Waals surface area contributed by atoms with Crippen LogP contribution in [-0.4, -0.2) is 74.4 Å². The second-order valence-electron chi connectivity index (χ2n) is 11.9. The van der Waals surface area contributed by atoms with Crippen molar-refractivity contribution in [1.29, 1.82) is 5.41 Å². The average molecular weight is 593 g/mol. The molecule has 11 nitrogen and oxygen atoms in total. The van der Waals surface area contributed by atoms with Crippen LogP contribution in [0.1, 0.15) is 61.7 Å². The molecule has 1 aliphatic heterocycles. The zero-order chi connectivity index (χ0) is 29.8. The van der Waals surface area contributed by atoms with E-state index in [-0.39, 0.29) is 29.8 Å². The monoisotopic (exact) mass is 592 g/mol. The Labute approximate surface area is 250 Å². The van der Waals surface area contributed by atoms with Crippen molar-refractivity contribution in [2.45, 2.75) is 75.5 Å². The highest BCUT2D eigenvalue weighted by molar-refractivity contribution is 7.16. The van der Waals surface area contributed by atoms with Crippen molar-refractivity contribution in [3.05, 3.63) is 40.2 Å². The van der Waals surface area contributed by atoms with Gasteiger partial charge in [-0.1, -0.05) is 0 Å². The summed E-state index contributed by atoms with van der Waals surface area (Å²) in [5, 5.41) is 26.3. The molecule has 4 heterocycles. The minimum absolute atomic E-state index is 0.0966. The number of nitrogen functional groups attached to an aromatic ring is 2. The Morgan fingerprint density at radius 1 is 1.19 bits per heavy atom. The second-order valence-corrected chi connectivity index (χ2v) is 13.0. The Balaban J connectivity index is 1.39. The minimum atomic E-state index is -0.565.